The standard InChI is InChI=1S/C23H34ClN3O3/c1-17-16-18(24)9-10-21(17)30-15-5-8-22(28)25-20-11-13-27(14-12-20)23(29)26-19-6-3-2-4-7-19/h9-10,16,19-20H,2-8,11-15H2,1H3,(H,25,28)(H,26,29). The lowest BCUT2D eigenvalue weighted by atomic mass is 9.95. The topological polar surface area (TPSA) is 70.7 Å². The van der Waals surface area contributed by atoms with Gasteiger partial charge in [-0.1, -0.05) is 30.9 Å². The Labute approximate surface area is 184 Å². The number of hydrogen-bond donors (Lipinski definition) is 2. The summed E-state index contributed by atoms with van der Waals surface area (Å²) >= 11 is 5.95. The van der Waals surface area contributed by atoms with Crippen LogP contribution < -0.4 is 15.4 Å². The van der Waals surface area contributed by atoms with E-state index in [1.165, 1.54) is 19.3 Å². The van der Waals surface area contributed by atoms with E-state index in [9.17, 15) is 9.59 Å². The number of amides is 3. The predicted molar refractivity (Wildman–Crippen MR) is 119 cm³/mol. The van der Waals surface area contributed by atoms with E-state index in [4.69, 9.17) is 16.3 Å². The molecule has 1 aliphatic heterocycles. The van der Waals surface area contributed by atoms with Gasteiger partial charge in [-0.2, -0.15) is 0 Å². The average molecular weight is 436 g/mol. The Bertz CT molecular complexity index is 714. The average Bonchev–Trinajstić information content (AvgIpc) is 2.73. The molecule has 1 heterocycles. The molecule has 0 radical (unpaired) electrons. The third kappa shape index (κ3) is 7.08. The SMILES string of the molecule is Cc1cc(Cl)ccc1OCCCC(=O)NC1CCN(C(=O)NC2CCCCC2)CC1. The van der Waals surface area contributed by atoms with Crippen LogP contribution in [0, 0.1) is 6.92 Å². The first-order chi connectivity index (χ1) is 14.5. The van der Waals surface area contributed by atoms with Crippen LogP contribution in [-0.2, 0) is 4.79 Å². The van der Waals surface area contributed by atoms with Crippen molar-refractivity contribution < 1.29 is 14.3 Å². The second kappa shape index (κ2) is 11.4. The number of carbonyl (C=O) groups is 2. The van der Waals surface area contributed by atoms with Gasteiger partial charge in [-0.3, -0.25) is 4.79 Å². The van der Waals surface area contributed by atoms with Crippen molar-refractivity contribution >= 4 is 23.5 Å². The zero-order valence-corrected chi connectivity index (χ0v) is 18.7. The maximum atomic E-state index is 12.4. The molecule has 7 heteroatoms. The predicted octanol–water partition coefficient (Wildman–Crippen LogP) is 4.43. The molecule has 6 nitrogen and oxygen atoms in total. The normalized spacial score (nSPS) is 18.1. The maximum Gasteiger partial charge on any atom is 0.317 e. The van der Waals surface area contributed by atoms with Gasteiger partial charge < -0.3 is 20.3 Å². The number of aryl methyl sites for hydroxylation is 1. The summed E-state index contributed by atoms with van der Waals surface area (Å²) in [7, 11) is 0. The summed E-state index contributed by atoms with van der Waals surface area (Å²) in [5.74, 6) is 0.857. The van der Waals surface area contributed by atoms with Gasteiger partial charge in [-0.05, 0) is 62.8 Å². The summed E-state index contributed by atoms with van der Waals surface area (Å²) in [6.07, 6.45) is 8.62. The summed E-state index contributed by atoms with van der Waals surface area (Å²) < 4.78 is 5.75. The molecule has 0 bridgehead atoms. The highest BCUT2D eigenvalue weighted by molar-refractivity contribution is 6.30. The molecule has 1 saturated carbocycles. The van der Waals surface area contributed by atoms with Crippen molar-refractivity contribution in [1.29, 1.82) is 0 Å². The number of hydrogen-bond acceptors (Lipinski definition) is 3. The third-order valence-electron chi connectivity index (χ3n) is 6.02. The van der Waals surface area contributed by atoms with Crippen LogP contribution in [0.5, 0.6) is 5.75 Å². The first-order valence-electron chi connectivity index (χ1n) is 11.2. The maximum absolute atomic E-state index is 12.4. The minimum absolute atomic E-state index is 0.0523. The zero-order valence-electron chi connectivity index (χ0n) is 17.9. The van der Waals surface area contributed by atoms with Crippen molar-refractivity contribution in [3.8, 4) is 5.75 Å². The molecule has 166 valence electrons. The lowest BCUT2D eigenvalue weighted by molar-refractivity contribution is -0.122. The molecule has 1 saturated heterocycles. The lowest BCUT2D eigenvalue weighted by Gasteiger charge is -2.34. The fourth-order valence-electron chi connectivity index (χ4n) is 4.23. The fraction of sp³-hybridized carbons (Fsp3) is 0.652. The molecule has 30 heavy (non-hydrogen) atoms. The van der Waals surface area contributed by atoms with E-state index in [1.54, 1.807) is 6.07 Å². The van der Waals surface area contributed by atoms with Crippen molar-refractivity contribution in [1.82, 2.24) is 15.5 Å². The van der Waals surface area contributed by atoms with Crippen molar-refractivity contribution in [3.63, 3.8) is 0 Å². The van der Waals surface area contributed by atoms with E-state index < -0.39 is 0 Å². The Hall–Kier alpha value is -1.95. The van der Waals surface area contributed by atoms with Gasteiger partial charge in [-0.15, -0.1) is 0 Å². The Kier molecular flexibility index (Phi) is 8.67. The fourth-order valence-corrected chi connectivity index (χ4v) is 4.46. The van der Waals surface area contributed by atoms with E-state index in [0.29, 0.717) is 43.6 Å². The summed E-state index contributed by atoms with van der Waals surface area (Å²) in [4.78, 5) is 26.6. The van der Waals surface area contributed by atoms with E-state index in [0.717, 1.165) is 37.0 Å². The number of halogens is 1. The molecular weight excluding hydrogens is 402 g/mol. The Morgan fingerprint density at radius 2 is 1.77 bits per heavy atom. The molecule has 1 aliphatic carbocycles. The third-order valence-corrected chi connectivity index (χ3v) is 6.26. The van der Waals surface area contributed by atoms with Crippen LogP contribution in [0.4, 0.5) is 4.79 Å². The molecule has 2 fully saturated rings. The summed E-state index contributed by atoms with van der Waals surface area (Å²) in [6.45, 7) is 3.84. The van der Waals surface area contributed by atoms with E-state index in [2.05, 4.69) is 10.6 Å². The van der Waals surface area contributed by atoms with Crippen molar-refractivity contribution in [2.75, 3.05) is 19.7 Å². The molecule has 0 atom stereocenters. The molecule has 3 amide bonds. The first-order valence-corrected chi connectivity index (χ1v) is 11.6. The van der Waals surface area contributed by atoms with E-state index >= 15 is 0 Å². The van der Waals surface area contributed by atoms with Crippen molar-refractivity contribution in [3.05, 3.63) is 28.8 Å². The molecule has 3 rings (SSSR count). The van der Waals surface area contributed by atoms with Crippen molar-refractivity contribution in [2.45, 2.75) is 76.8 Å². The molecule has 0 unspecified atom stereocenters. The van der Waals surface area contributed by atoms with Crippen LogP contribution in [0.15, 0.2) is 18.2 Å². The van der Waals surface area contributed by atoms with Gasteiger partial charge in [0.25, 0.3) is 0 Å². The van der Waals surface area contributed by atoms with Crippen molar-refractivity contribution in [2.24, 2.45) is 0 Å². The van der Waals surface area contributed by atoms with Gasteiger partial charge in [0.05, 0.1) is 6.61 Å². The number of rotatable bonds is 7. The molecule has 1 aromatic rings. The van der Waals surface area contributed by atoms with E-state index in [-0.39, 0.29) is 18.0 Å². The minimum atomic E-state index is 0.0523. The van der Waals surface area contributed by atoms with E-state index in [1.807, 2.05) is 24.0 Å². The number of nitrogens with one attached hydrogen (secondary N) is 2. The van der Waals surface area contributed by atoms with Gasteiger partial charge in [0.15, 0.2) is 0 Å². The number of likely N-dealkylation sites (tertiary alicyclic amines) is 1. The lowest BCUT2D eigenvalue weighted by Crippen LogP contribution is -2.51. The zero-order chi connectivity index (χ0) is 21.3. The molecule has 2 N–H and O–H groups in total. The van der Waals surface area contributed by atoms with Crippen LogP contribution in [0.2, 0.25) is 5.02 Å². The van der Waals surface area contributed by atoms with Crippen LogP contribution in [0.25, 0.3) is 0 Å². The Morgan fingerprint density at radius 3 is 2.47 bits per heavy atom. The quantitative estimate of drug-likeness (QED) is 0.622. The highest BCUT2D eigenvalue weighted by Crippen LogP contribution is 2.22. The summed E-state index contributed by atoms with van der Waals surface area (Å²) in [5.41, 5.74) is 0.992. The first kappa shape index (κ1) is 22.7. The second-order valence-electron chi connectivity index (χ2n) is 8.48. The number of ether oxygens (including phenoxy) is 1. The van der Waals surface area contributed by atoms with Crippen LogP contribution in [-0.4, -0.2) is 48.6 Å². The van der Waals surface area contributed by atoms with Gasteiger partial charge in [0.2, 0.25) is 5.91 Å². The highest BCUT2D eigenvalue weighted by atomic mass is 35.5. The summed E-state index contributed by atoms with van der Waals surface area (Å²) in [6, 6.07) is 6.07. The van der Waals surface area contributed by atoms with Gasteiger partial charge in [0.1, 0.15) is 5.75 Å². The number of nitrogens with zero attached hydrogens (tertiary/aromatic N) is 1. The summed E-state index contributed by atoms with van der Waals surface area (Å²) in [5, 5.41) is 6.98. The van der Waals surface area contributed by atoms with Gasteiger partial charge >= 0.3 is 6.03 Å². The number of urea groups is 1. The number of carbonyl (C=O) groups excluding carboxylic acids is 2. The molecule has 0 spiro atoms. The number of piperidine rings is 1. The largest absolute Gasteiger partial charge is 0.493 e. The monoisotopic (exact) mass is 435 g/mol. The Morgan fingerprint density at radius 1 is 1.07 bits per heavy atom. The van der Waals surface area contributed by atoms with Crippen LogP contribution in [0.1, 0.15) is 63.4 Å². The van der Waals surface area contributed by atoms with Crippen LogP contribution >= 0.6 is 11.6 Å². The van der Waals surface area contributed by atoms with Gasteiger partial charge in [-0.25, -0.2) is 4.79 Å². The number of benzene rings is 1. The molecule has 2 aliphatic rings. The minimum Gasteiger partial charge on any atom is -0.493 e. The van der Waals surface area contributed by atoms with Crippen LogP contribution in [0.3, 0.4) is 0 Å². The smallest absolute Gasteiger partial charge is 0.317 e. The van der Waals surface area contributed by atoms with Gasteiger partial charge in [0, 0.05) is 36.6 Å². The molecular formula is C23H34ClN3O3. The highest BCUT2D eigenvalue weighted by Gasteiger charge is 2.25. The Balaban J connectivity index is 1.28. The second-order valence-corrected chi connectivity index (χ2v) is 8.91. The molecule has 0 aromatic heterocycles. The molecule has 1 aromatic carbocycles.